The van der Waals surface area contributed by atoms with Gasteiger partial charge in [0.05, 0.1) is 18.1 Å². The number of thioether (sulfide) groups is 1. The predicted molar refractivity (Wildman–Crippen MR) is 87.3 cm³/mol. The van der Waals surface area contributed by atoms with Crippen LogP contribution in [0.25, 0.3) is 0 Å². The lowest BCUT2D eigenvalue weighted by molar-refractivity contribution is 0.960. The average Bonchev–Trinajstić information content (AvgIpc) is 2.48. The number of hydrogen-bond acceptors (Lipinski definition) is 4. The van der Waals surface area contributed by atoms with E-state index in [0.717, 1.165) is 41.0 Å². The molecule has 5 heteroatoms. The first kappa shape index (κ1) is 15.1. The SMILES string of the molecule is CCCNc1cnc(CSCc2ccc(Cl)cc2)cn1. The van der Waals surface area contributed by atoms with Crippen LogP contribution in [0, 0.1) is 0 Å². The van der Waals surface area contributed by atoms with Crippen molar-refractivity contribution in [2.45, 2.75) is 24.9 Å². The molecular formula is C15H18ClN3S. The van der Waals surface area contributed by atoms with E-state index < -0.39 is 0 Å². The van der Waals surface area contributed by atoms with Gasteiger partial charge in [0.25, 0.3) is 0 Å². The molecular weight excluding hydrogens is 290 g/mol. The second kappa shape index (κ2) is 8.12. The van der Waals surface area contributed by atoms with Crippen LogP contribution in [-0.4, -0.2) is 16.5 Å². The zero-order valence-electron chi connectivity index (χ0n) is 11.5. The topological polar surface area (TPSA) is 37.8 Å². The molecule has 2 aromatic rings. The molecule has 1 aromatic heterocycles. The molecule has 2 rings (SSSR count). The lowest BCUT2D eigenvalue weighted by atomic mass is 10.2. The molecule has 0 saturated heterocycles. The summed E-state index contributed by atoms with van der Waals surface area (Å²) >= 11 is 7.68. The number of rotatable bonds is 7. The van der Waals surface area contributed by atoms with Crippen LogP contribution in [0.5, 0.6) is 0 Å². The van der Waals surface area contributed by atoms with E-state index in [9.17, 15) is 0 Å². The second-order valence-corrected chi connectivity index (χ2v) is 5.86. The molecule has 0 aliphatic heterocycles. The molecule has 20 heavy (non-hydrogen) atoms. The smallest absolute Gasteiger partial charge is 0.144 e. The highest BCUT2D eigenvalue weighted by molar-refractivity contribution is 7.97. The number of benzene rings is 1. The first-order valence-electron chi connectivity index (χ1n) is 6.65. The normalized spacial score (nSPS) is 10.5. The zero-order chi connectivity index (χ0) is 14.2. The van der Waals surface area contributed by atoms with Gasteiger partial charge in [-0.25, -0.2) is 4.98 Å². The van der Waals surface area contributed by atoms with Crippen molar-refractivity contribution >= 4 is 29.2 Å². The van der Waals surface area contributed by atoms with E-state index in [1.807, 2.05) is 30.1 Å². The van der Waals surface area contributed by atoms with Crippen molar-refractivity contribution in [2.75, 3.05) is 11.9 Å². The van der Waals surface area contributed by atoms with Crippen LogP contribution in [0.15, 0.2) is 36.7 Å². The van der Waals surface area contributed by atoms with Gasteiger partial charge in [0.15, 0.2) is 0 Å². The molecule has 0 radical (unpaired) electrons. The molecule has 0 bridgehead atoms. The number of nitrogens with one attached hydrogen (secondary N) is 1. The quantitative estimate of drug-likeness (QED) is 0.823. The van der Waals surface area contributed by atoms with E-state index in [1.165, 1.54) is 5.56 Å². The van der Waals surface area contributed by atoms with Gasteiger partial charge >= 0.3 is 0 Å². The van der Waals surface area contributed by atoms with Crippen LogP contribution in [0.2, 0.25) is 5.02 Å². The Morgan fingerprint density at radius 1 is 1.10 bits per heavy atom. The van der Waals surface area contributed by atoms with Gasteiger partial charge in [-0.3, -0.25) is 4.98 Å². The van der Waals surface area contributed by atoms with Crippen LogP contribution in [0.4, 0.5) is 5.82 Å². The molecule has 0 aliphatic rings. The van der Waals surface area contributed by atoms with E-state index in [4.69, 9.17) is 11.6 Å². The summed E-state index contributed by atoms with van der Waals surface area (Å²) in [4.78, 5) is 8.76. The standard InChI is InChI=1S/C15H18ClN3S/c1-2-7-17-15-9-18-14(8-19-15)11-20-10-12-3-5-13(16)6-4-12/h3-6,8-9H,2,7,10-11H2,1H3,(H,17,19). The van der Waals surface area contributed by atoms with Crippen molar-refractivity contribution in [3.05, 3.63) is 52.9 Å². The van der Waals surface area contributed by atoms with Crippen molar-refractivity contribution in [1.29, 1.82) is 0 Å². The number of aromatic nitrogens is 2. The van der Waals surface area contributed by atoms with E-state index in [0.29, 0.717) is 0 Å². The minimum Gasteiger partial charge on any atom is -0.369 e. The van der Waals surface area contributed by atoms with Crippen molar-refractivity contribution in [2.24, 2.45) is 0 Å². The van der Waals surface area contributed by atoms with Crippen molar-refractivity contribution in [3.8, 4) is 0 Å². The third kappa shape index (κ3) is 5.02. The van der Waals surface area contributed by atoms with Crippen LogP contribution >= 0.6 is 23.4 Å². The molecule has 0 spiro atoms. The van der Waals surface area contributed by atoms with Gasteiger partial charge in [-0.15, -0.1) is 0 Å². The maximum atomic E-state index is 5.86. The molecule has 0 unspecified atom stereocenters. The maximum absolute atomic E-state index is 5.86. The summed E-state index contributed by atoms with van der Waals surface area (Å²) in [5, 5.41) is 3.99. The molecule has 1 aromatic carbocycles. The fourth-order valence-electron chi connectivity index (χ4n) is 1.63. The molecule has 0 aliphatic carbocycles. The molecule has 0 fully saturated rings. The van der Waals surface area contributed by atoms with Crippen LogP contribution < -0.4 is 5.32 Å². The Kier molecular flexibility index (Phi) is 6.15. The monoisotopic (exact) mass is 307 g/mol. The number of nitrogens with zero attached hydrogens (tertiary/aromatic N) is 2. The highest BCUT2D eigenvalue weighted by Crippen LogP contribution is 2.18. The summed E-state index contributed by atoms with van der Waals surface area (Å²) in [6, 6.07) is 7.95. The van der Waals surface area contributed by atoms with Gasteiger partial charge in [-0.2, -0.15) is 11.8 Å². The molecule has 0 amide bonds. The van der Waals surface area contributed by atoms with Gasteiger partial charge in [0.2, 0.25) is 0 Å². The third-order valence-electron chi connectivity index (χ3n) is 2.69. The largest absolute Gasteiger partial charge is 0.369 e. The molecule has 0 saturated carbocycles. The number of halogens is 1. The van der Waals surface area contributed by atoms with Gasteiger partial charge in [-0.05, 0) is 24.1 Å². The lowest BCUT2D eigenvalue weighted by Crippen LogP contribution is -2.02. The molecule has 0 atom stereocenters. The van der Waals surface area contributed by atoms with E-state index >= 15 is 0 Å². The minimum absolute atomic E-state index is 0.778. The Morgan fingerprint density at radius 3 is 2.55 bits per heavy atom. The number of hydrogen-bond donors (Lipinski definition) is 1. The summed E-state index contributed by atoms with van der Waals surface area (Å²) in [5.74, 6) is 2.66. The van der Waals surface area contributed by atoms with Gasteiger partial charge in [-0.1, -0.05) is 30.7 Å². The average molecular weight is 308 g/mol. The fourth-order valence-corrected chi connectivity index (χ4v) is 2.64. The zero-order valence-corrected chi connectivity index (χ0v) is 13.0. The van der Waals surface area contributed by atoms with Gasteiger partial charge in [0, 0.05) is 23.1 Å². The fraction of sp³-hybridized carbons (Fsp3) is 0.333. The molecule has 106 valence electrons. The Morgan fingerprint density at radius 2 is 1.90 bits per heavy atom. The summed E-state index contributed by atoms with van der Waals surface area (Å²) in [5.41, 5.74) is 2.28. The van der Waals surface area contributed by atoms with Crippen molar-refractivity contribution in [3.63, 3.8) is 0 Å². The van der Waals surface area contributed by atoms with E-state index in [-0.39, 0.29) is 0 Å². The summed E-state index contributed by atoms with van der Waals surface area (Å²) in [7, 11) is 0. The minimum atomic E-state index is 0.778. The first-order valence-corrected chi connectivity index (χ1v) is 8.18. The van der Waals surface area contributed by atoms with Crippen molar-refractivity contribution < 1.29 is 0 Å². The highest BCUT2D eigenvalue weighted by atomic mass is 35.5. The summed E-state index contributed by atoms with van der Waals surface area (Å²) < 4.78 is 0. The van der Waals surface area contributed by atoms with Crippen LogP contribution in [-0.2, 0) is 11.5 Å². The first-order chi connectivity index (χ1) is 9.78. The summed E-state index contributed by atoms with van der Waals surface area (Å²) in [6.45, 7) is 3.06. The molecule has 1 heterocycles. The Labute approximate surface area is 129 Å². The number of anilines is 1. The van der Waals surface area contributed by atoms with Gasteiger partial charge < -0.3 is 5.32 Å². The Bertz CT molecular complexity index is 514. The van der Waals surface area contributed by atoms with Crippen LogP contribution in [0.1, 0.15) is 24.6 Å². The molecule has 3 nitrogen and oxygen atoms in total. The Hall–Kier alpha value is -1.26. The second-order valence-electron chi connectivity index (χ2n) is 4.44. The summed E-state index contributed by atoms with van der Waals surface area (Å²) in [6.07, 6.45) is 4.72. The van der Waals surface area contributed by atoms with E-state index in [2.05, 4.69) is 34.3 Å². The van der Waals surface area contributed by atoms with Gasteiger partial charge in [0.1, 0.15) is 5.82 Å². The Balaban J connectivity index is 1.77. The lowest BCUT2D eigenvalue weighted by Gasteiger charge is -2.05. The predicted octanol–water partition coefficient (Wildman–Crippen LogP) is 4.39. The third-order valence-corrected chi connectivity index (χ3v) is 3.98. The highest BCUT2D eigenvalue weighted by Gasteiger charge is 1.99. The van der Waals surface area contributed by atoms with E-state index in [1.54, 1.807) is 6.20 Å². The van der Waals surface area contributed by atoms with Crippen LogP contribution in [0.3, 0.4) is 0 Å². The maximum Gasteiger partial charge on any atom is 0.144 e. The molecule has 1 N–H and O–H groups in total. The van der Waals surface area contributed by atoms with Crippen molar-refractivity contribution in [1.82, 2.24) is 9.97 Å².